The highest BCUT2D eigenvalue weighted by Gasteiger charge is 2.22. The van der Waals surface area contributed by atoms with Crippen LogP contribution in [0.1, 0.15) is 23.2 Å². The molecule has 0 aromatic heterocycles. The zero-order valence-electron chi connectivity index (χ0n) is 7.77. The number of hydrogen-bond acceptors (Lipinski definition) is 3. The van der Waals surface area contributed by atoms with E-state index in [4.69, 9.17) is 9.84 Å². The average molecular weight is 192 g/mol. The van der Waals surface area contributed by atoms with Crippen LogP contribution in [0.15, 0.2) is 18.2 Å². The van der Waals surface area contributed by atoms with Gasteiger partial charge in [0.1, 0.15) is 11.5 Å². The number of carbonyl (C=O) groups is 1. The maximum absolute atomic E-state index is 10.6. The number of benzene rings is 1. The van der Waals surface area contributed by atoms with Crippen molar-refractivity contribution >= 4 is 6.29 Å². The van der Waals surface area contributed by atoms with Crippen molar-refractivity contribution in [1.29, 1.82) is 0 Å². The fourth-order valence-electron chi connectivity index (χ4n) is 1.25. The summed E-state index contributed by atoms with van der Waals surface area (Å²) in [6.07, 6.45) is 3.13. The first-order valence-electron chi connectivity index (χ1n) is 4.70. The minimum absolute atomic E-state index is 0.0888. The van der Waals surface area contributed by atoms with E-state index in [2.05, 4.69) is 0 Å². The molecule has 0 amide bonds. The summed E-state index contributed by atoms with van der Waals surface area (Å²) in [5.74, 6) is 1.30. The van der Waals surface area contributed by atoms with Crippen LogP contribution in [-0.2, 0) is 0 Å². The zero-order chi connectivity index (χ0) is 9.97. The van der Waals surface area contributed by atoms with Crippen molar-refractivity contribution in [3.63, 3.8) is 0 Å². The van der Waals surface area contributed by atoms with Crippen molar-refractivity contribution in [2.24, 2.45) is 5.92 Å². The molecule has 14 heavy (non-hydrogen) atoms. The summed E-state index contributed by atoms with van der Waals surface area (Å²) in [6.45, 7) is 0.672. The molecule has 0 saturated heterocycles. The number of ether oxygens (including phenoxy) is 1. The highest BCUT2D eigenvalue weighted by molar-refractivity contribution is 5.80. The third-order valence-corrected chi connectivity index (χ3v) is 2.29. The van der Waals surface area contributed by atoms with Gasteiger partial charge in [0, 0.05) is 0 Å². The lowest BCUT2D eigenvalue weighted by atomic mass is 10.2. The summed E-state index contributed by atoms with van der Waals surface area (Å²) < 4.78 is 5.46. The SMILES string of the molecule is O=Cc1cc(O)ccc1OCC1CC1. The van der Waals surface area contributed by atoms with Gasteiger partial charge < -0.3 is 9.84 Å². The quantitative estimate of drug-likeness (QED) is 0.742. The van der Waals surface area contributed by atoms with Gasteiger partial charge in [-0.3, -0.25) is 4.79 Å². The van der Waals surface area contributed by atoms with Crippen LogP contribution in [0.5, 0.6) is 11.5 Å². The van der Waals surface area contributed by atoms with Gasteiger partial charge in [-0.05, 0) is 37.0 Å². The van der Waals surface area contributed by atoms with E-state index in [1.165, 1.54) is 25.0 Å². The normalized spacial score (nSPS) is 15.1. The van der Waals surface area contributed by atoms with Gasteiger partial charge in [0.2, 0.25) is 0 Å². The highest BCUT2D eigenvalue weighted by atomic mass is 16.5. The van der Waals surface area contributed by atoms with Crippen molar-refractivity contribution in [2.45, 2.75) is 12.8 Å². The predicted molar refractivity (Wildman–Crippen MR) is 51.7 cm³/mol. The first-order chi connectivity index (χ1) is 6.79. The third kappa shape index (κ3) is 2.05. The maximum Gasteiger partial charge on any atom is 0.153 e. The Morgan fingerprint density at radius 1 is 1.50 bits per heavy atom. The first-order valence-corrected chi connectivity index (χ1v) is 4.70. The zero-order valence-corrected chi connectivity index (χ0v) is 7.77. The fourth-order valence-corrected chi connectivity index (χ4v) is 1.25. The van der Waals surface area contributed by atoms with Crippen LogP contribution >= 0.6 is 0 Å². The molecule has 3 nitrogen and oxygen atoms in total. The van der Waals surface area contributed by atoms with Crippen LogP contribution in [0, 0.1) is 5.92 Å². The summed E-state index contributed by atoms with van der Waals surface area (Å²) in [5, 5.41) is 9.14. The largest absolute Gasteiger partial charge is 0.508 e. The maximum atomic E-state index is 10.6. The summed E-state index contributed by atoms with van der Waals surface area (Å²) in [5.41, 5.74) is 0.408. The van der Waals surface area contributed by atoms with Gasteiger partial charge in [0.15, 0.2) is 6.29 Å². The Hall–Kier alpha value is -1.51. The molecular weight excluding hydrogens is 180 g/mol. The first kappa shape index (κ1) is 9.06. The van der Waals surface area contributed by atoms with E-state index in [-0.39, 0.29) is 5.75 Å². The molecule has 0 radical (unpaired) electrons. The minimum Gasteiger partial charge on any atom is -0.508 e. The van der Waals surface area contributed by atoms with Crippen LogP contribution in [0.4, 0.5) is 0 Å². The number of phenols is 1. The van der Waals surface area contributed by atoms with Crippen LogP contribution < -0.4 is 4.74 Å². The van der Waals surface area contributed by atoms with Gasteiger partial charge >= 0.3 is 0 Å². The molecule has 3 heteroatoms. The summed E-state index contributed by atoms with van der Waals surface area (Å²) in [6, 6.07) is 4.56. The highest BCUT2D eigenvalue weighted by Crippen LogP contribution is 2.30. The summed E-state index contributed by atoms with van der Waals surface area (Å²) in [7, 11) is 0. The molecule has 0 atom stereocenters. The smallest absolute Gasteiger partial charge is 0.153 e. The topological polar surface area (TPSA) is 46.5 Å². The van der Waals surface area contributed by atoms with Gasteiger partial charge in [0.05, 0.1) is 12.2 Å². The number of phenolic OH excluding ortho intramolecular Hbond substituents is 1. The van der Waals surface area contributed by atoms with E-state index >= 15 is 0 Å². The van der Waals surface area contributed by atoms with Crippen LogP contribution in [0.3, 0.4) is 0 Å². The number of rotatable bonds is 4. The second-order valence-electron chi connectivity index (χ2n) is 3.59. The monoisotopic (exact) mass is 192 g/mol. The number of hydrogen-bond donors (Lipinski definition) is 1. The summed E-state index contributed by atoms with van der Waals surface area (Å²) >= 11 is 0. The molecule has 1 aliphatic rings. The molecule has 2 rings (SSSR count). The number of aromatic hydroxyl groups is 1. The van der Waals surface area contributed by atoms with Crippen LogP contribution in [-0.4, -0.2) is 18.0 Å². The van der Waals surface area contributed by atoms with E-state index in [9.17, 15) is 4.79 Å². The molecule has 1 aliphatic carbocycles. The lowest BCUT2D eigenvalue weighted by molar-refractivity contribution is 0.111. The third-order valence-electron chi connectivity index (χ3n) is 2.29. The molecule has 0 bridgehead atoms. The molecule has 0 aliphatic heterocycles. The lowest BCUT2D eigenvalue weighted by Gasteiger charge is -2.07. The predicted octanol–water partition coefficient (Wildman–Crippen LogP) is 1.99. The Balaban J connectivity index is 2.09. The van der Waals surface area contributed by atoms with Gasteiger partial charge in [-0.15, -0.1) is 0 Å². The van der Waals surface area contributed by atoms with E-state index in [1.54, 1.807) is 6.07 Å². The molecule has 74 valence electrons. The van der Waals surface area contributed by atoms with Crippen molar-refractivity contribution in [3.8, 4) is 11.5 Å². The van der Waals surface area contributed by atoms with E-state index < -0.39 is 0 Å². The Bertz CT molecular complexity index is 342. The van der Waals surface area contributed by atoms with Crippen molar-refractivity contribution in [2.75, 3.05) is 6.61 Å². The van der Waals surface area contributed by atoms with E-state index in [0.29, 0.717) is 30.1 Å². The molecule has 0 heterocycles. The van der Waals surface area contributed by atoms with Crippen molar-refractivity contribution < 1.29 is 14.6 Å². The van der Waals surface area contributed by atoms with Crippen molar-refractivity contribution in [3.05, 3.63) is 23.8 Å². The Morgan fingerprint density at radius 3 is 2.93 bits per heavy atom. The average Bonchev–Trinajstić information content (AvgIpc) is 2.99. The standard InChI is InChI=1S/C11H12O3/c12-6-9-5-10(13)3-4-11(9)14-7-8-1-2-8/h3-6,8,13H,1-2,7H2. The van der Waals surface area contributed by atoms with Gasteiger partial charge in [-0.2, -0.15) is 0 Å². The van der Waals surface area contributed by atoms with E-state index in [1.807, 2.05) is 0 Å². The Labute approximate surface area is 82.3 Å². The molecule has 0 spiro atoms. The molecule has 1 aromatic carbocycles. The van der Waals surface area contributed by atoms with Crippen LogP contribution in [0.25, 0.3) is 0 Å². The fraction of sp³-hybridized carbons (Fsp3) is 0.364. The molecule has 1 aromatic rings. The van der Waals surface area contributed by atoms with Gasteiger partial charge in [-0.1, -0.05) is 0 Å². The summed E-state index contributed by atoms with van der Waals surface area (Å²) in [4.78, 5) is 10.6. The molecule has 1 fully saturated rings. The van der Waals surface area contributed by atoms with E-state index in [0.717, 1.165) is 0 Å². The second kappa shape index (κ2) is 3.70. The molecule has 0 unspecified atom stereocenters. The molecular formula is C11H12O3. The van der Waals surface area contributed by atoms with Crippen molar-refractivity contribution in [1.82, 2.24) is 0 Å². The second-order valence-corrected chi connectivity index (χ2v) is 3.59. The number of aldehydes is 1. The minimum atomic E-state index is 0.0888. The van der Waals surface area contributed by atoms with Crippen LogP contribution in [0.2, 0.25) is 0 Å². The Morgan fingerprint density at radius 2 is 2.29 bits per heavy atom. The molecule has 1 N–H and O–H groups in total. The lowest BCUT2D eigenvalue weighted by Crippen LogP contribution is -2.01. The van der Waals surface area contributed by atoms with Gasteiger partial charge in [0.25, 0.3) is 0 Å². The number of carbonyl (C=O) groups excluding carboxylic acids is 1. The Kier molecular flexibility index (Phi) is 2.39. The molecule has 1 saturated carbocycles. The van der Waals surface area contributed by atoms with Gasteiger partial charge in [-0.25, -0.2) is 0 Å².